The molecule has 0 aromatic heterocycles. The number of carbonyl (C=O) groups excluding carboxylic acids is 1. The van der Waals surface area contributed by atoms with Gasteiger partial charge < -0.3 is 5.11 Å². The maximum Gasteiger partial charge on any atom is 0.150 e. The zero-order valence-corrected chi connectivity index (χ0v) is 12.7. The Morgan fingerprint density at radius 1 is 1.29 bits per heavy atom. The molecule has 0 heterocycles. The Morgan fingerprint density at radius 2 is 2.10 bits per heavy atom. The van der Waals surface area contributed by atoms with Crippen molar-refractivity contribution in [2.24, 2.45) is 17.3 Å². The van der Waals surface area contributed by atoms with E-state index in [1.54, 1.807) is 0 Å². The molecule has 5 rings (SSSR count). The van der Waals surface area contributed by atoms with Crippen LogP contribution in [0.1, 0.15) is 61.4 Å². The van der Waals surface area contributed by atoms with Crippen molar-refractivity contribution in [1.82, 2.24) is 0 Å². The lowest BCUT2D eigenvalue weighted by Crippen LogP contribution is -2.62. The van der Waals surface area contributed by atoms with E-state index in [4.69, 9.17) is 0 Å². The topological polar surface area (TPSA) is 37.3 Å². The van der Waals surface area contributed by atoms with Crippen LogP contribution in [0.4, 0.5) is 0 Å². The molecule has 1 aromatic carbocycles. The van der Waals surface area contributed by atoms with Gasteiger partial charge in [0.15, 0.2) is 0 Å². The van der Waals surface area contributed by atoms with Crippen molar-refractivity contribution in [3.05, 3.63) is 35.4 Å². The number of rotatable bonds is 3. The van der Waals surface area contributed by atoms with Gasteiger partial charge in [0.25, 0.3) is 0 Å². The summed E-state index contributed by atoms with van der Waals surface area (Å²) in [6.45, 7) is 2.30. The van der Waals surface area contributed by atoms with Crippen molar-refractivity contribution < 1.29 is 9.90 Å². The van der Waals surface area contributed by atoms with Gasteiger partial charge in [-0.1, -0.05) is 37.6 Å². The molecule has 0 amide bonds. The number of benzene rings is 1. The average Bonchev–Trinajstić information content (AvgIpc) is 2.51. The predicted molar refractivity (Wildman–Crippen MR) is 82.3 cm³/mol. The van der Waals surface area contributed by atoms with Crippen molar-refractivity contribution in [2.45, 2.75) is 57.0 Å². The Bertz CT molecular complexity index is 581. The van der Waals surface area contributed by atoms with Gasteiger partial charge >= 0.3 is 0 Å². The lowest BCUT2D eigenvalue weighted by atomic mass is 9.41. The standard InChI is InChI=1S/C19H24O2/c1-2-18-8-13-7-15(10-18)17(21)19(9-13,12-18)16-6-4-3-5-14(16)11-20/h3-6,11,13,15,17,21H,2,7-10,12H2,1H3. The first-order valence-electron chi connectivity index (χ1n) is 8.35. The molecular formula is C19H24O2. The zero-order valence-electron chi connectivity index (χ0n) is 12.7. The highest BCUT2D eigenvalue weighted by Crippen LogP contribution is 2.66. The highest BCUT2D eigenvalue weighted by molar-refractivity contribution is 5.78. The third-order valence-electron chi connectivity index (χ3n) is 6.78. The van der Waals surface area contributed by atoms with Crippen LogP contribution in [-0.2, 0) is 5.41 Å². The molecule has 0 aliphatic heterocycles. The normalized spacial score (nSPS) is 44.0. The summed E-state index contributed by atoms with van der Waals surface area (Å²) in [7, 11) is 0. The van der Waals surface area contributed by atoms with Crippen LogP contribution >= 0.6 is 0 Å². The van der Waals surface area contributed by atoms with E-state index in [-0.39, 0.29) is 11.5 Å². The molecule has 0 spiro atoms. The third kappa shape index (κ3) is 1.72. The van der Waals surface area contributed by atoms with Crippen molar-refractivity contribution in [1.29, 1.82) is 0 Å². The summed E-state index contributed by atoms with van der Waals surface area (Å²) in [6.07, 6.45) is 7.75. The second-order valence-corrected chi connectivity index (χ2v) is 7.81. The molecule has 2 nitrogen and oxygen atoms in total. The minimum atomic E-state index is -0.269. The van der Waals surface area contributed by atoms with Gasteiger partial charge in [0.2, 0.25) is 0 Å². The maximum absolute atomic E-state index is 11.5. The Morgan fingerprint density at radius 3 is 2.86 bits per heavy atom. The summed E-state index contributed by atoms with van der Waals surface area (Å²) < 4.78 is 0. The van der Waals surface area contributed by atoms with Crippen LogP contribution in [0.3, 0.4) is 0 Å². The van der Waals surface area contributed by atoms with Crippen molar-refractivity contribution >= 4 is 6.29 Å². The SMILES string of the molecule is CCC12CC3CC(C1)C(O)C(c1ccccc1C=O)(C3)C2. The first kappa shape index (κ1) is 13.5. The lowest BCUT2D eigenvalue weighted by Gasteiger charge is -2.64. The molecule has 1 N–H and O–H groups in total. The molecule has 4 saturated carbocycles. The number of hydrogen-bond acceptors (Lipinski definition) is 2. The minimum Gasteiger partial charge on any atom is -0.392 e. The van der Waals surface area contributed by atoms with Crippen molar-refractivity contribution in [3.63, 3.8) is 0 Å². The molecule has 112 valence electrons. The lowest BCUT2D eigenvalue weighted by molar-refractivity contribution is -0.154. The molecule has 5 unspecified atom stereocenters. The predicted octanol–water partition coefficient (Wildman–Crippen LogP) is 3.72. The van der Waals surface area contributed by atoms with Crippen LogP contribution in [0.25, 0.3) is 0 Å². The minimum absolute atomic E-state index is 0.169. The van der Waals surface area contributed by atoms with Gasteiger partial charge in [0.05, 0.1) is 6.10 Å². The second-order valence-electron chi connectivity index (χ2n) is 7.81. The fraction of sp³-hybridized carbons (Fsp3) is 0.632. The fourth-order valence-electron chi connectivity index (χ4n) is 6.15. The van der Waals surface area contributed by atoms with E-state index >= 15 is 0 Å². The monoisotopic (exact) mass is 284 g/mol. The van der Waals surface area contributed by atoms with Crippen molar-refractivity contribution in [3.8, 4) is 0 Å². The van der Waals surface area contributed by atoms with Gasteiger partial charge in [0.1, 0.15) is 6.29 Å². The number of carbonyl (C=O) groups is 1. The van der Waals surface area contributed by atoms with Crippen LogP contribution in [0, 0.1) is 17.3 Å². The van der Waals surface area contributed by atoms with E-state index < -0.39 is 0 Å². The quantitative estimate of drug-likeness (QED) is 0.859. The Hall–Kier alpha value is -1.15. The van der Waals surface area contributed by atoms with Gasteiger partial charge in [-0.2, -0.15) is 0 Å². The fourth-order valence-corrected chi connectivity index (χ4v) is 6.15. The number of hydrogen-bond donors (Lipinski definition) is 1. The van der Waals surface area contributed by atoms with E-state index in [0.717, 1.165) is 36.2 Å². The van der Waals surface area contributed by atoms with Crippen LogP contribution in [-0.4, -0.2) is 17.5 Å². The Labute approximate surface area is 126 Å². The highest BCUT2D eigenvalue weighted by atomic mass is 16.3. The molecule has 0 saturated heterocycles. The molecule has 4 aliphatic carbocycles. The largest absolute Gasteiger partial charge is 0.392 e. The first-order valence-corrected chi connectivity index (χ1v) is 8.35. The van der Waals surface area contributed by atoms with E-state index in [1.165, 1.54) is 25.7 Å². The van der Waals surface area contributed by atoms with Crippen LogP contribution in [0.2, 0.25) is 0 Å². The van der Waals surface area contributed by atoms with Crippen LogP contribution in [0.15, 0.2) is 24.3 Å². The van der Waals surface area contributed by atoms with Crippen LogP contribution < -0.4 is 0 Å². The van der Waals surface area contributed by atoms with Gasteiger partial charge in [-0.3, -0.25) is 4.79 Å². The molecule has 0 radical (unpaired) electrons. The van der Waals surface area contributed by atoms with Crippen LogP contribution in [0.5, 0.6) is 0 Å². The zero-order chi connectivity index (χ0) is 14.7. The number of aliphatic hydroxyl groups excluding tert-OH is 1. The van der Waals surface area contributed by atoms with Gasteiger partial charge in [-0.25, -0.2) is 0 Å². The summed E-state index contributed by atoms with van der Waals surface area (Å²) >= 11 is 0. The molecule has 4 aliphatic rings. The third-order valence-corrected chi connectivity index (χ3v) is 6.78. The first-order chi connectivity index (χ1) is 10.1. The Balaban J connectivity index is 1.87. The van der Waals surface area contributed by atoms with E-state index in [0.29, 0.717) is 11.3 Å². The molecule has 4 fully saturated rings. The van der Waals surface area contributed by atoms with Gasteiger partial charge in [-0.05, 0) is 54.9 Å². The van der Waals surface area contributed by atoms with Gasteiger partial charge in [0, 0.05) is 11.0 Å². The summed E-state index contributed by atoms with van der Waals surface area (Å²) in [6, 6.07) is 7.94. The molecule has 1 aromatic rings. The van der Waals surface area contributed by atoms with Crippen molar-refractivity contribution in [2.75, 3.05) is 0 Å². The van der Waals surface area contributed by atoms with E-state index in [2.05, 4.69) is 13.0 Å². The molecule has 2 heteroatoms. The summed E-state index contributed by atoms with van der Waals surface area (Å²) in [5.74, 6) is 1.17. The van der Waals surface area contributed by atoms with E-state index in [1.807, 2.05) is 18.2 Å². The van der Waals surface area contributed by atoms with Gasteiger partial charge in [-0.15, -0.1) is 0 Å². The van der Waals surface area contributed by atoms with E-state index in [9.17, 15) is 9.90 Å². The number of aldehydes is 1. The summed E-state index contributed by atoms with van der Waals surface area (Å²) in [5, 5.41) is 11.0. The maximum atomic E-state index is 11.5. The summed E-state index contributed by atoms with van der Waals surface area (Å²) in [5.41, 5.74) is 2.13. The molecule has 5 atom stereocenters. The molecular weight excluding hydrogens is 260 g/mol. The molecule has 4 bridgehead atoms. The molecule has 21 heavy (non-hydrogen) atoms. The average molecular weight is 284 g/mol. The Kier molecular flexibility index (Phi) is 2.85. The second kappa shape index (κ2) is 4.42. The highest BCUT2D eigenvalue weighted by Gasteiger charge is 2.62. The number of aliphatic hydroxyl groups is 1. The smallest absolute Gasteiger partial charge is 0.150 e. The summed E-state index contributed by atoms with van der Waals surface area (Å²) in [4.78, 5) is 11.5.